The highest BCUT2D eigenvalue weighted by Gasteiger charge is 2.31. The highest BCUT2D eigenvalue weighted by atomic mass is 16.3. The molecule has 0 bridgehead atoms. The number of phenolic OH excluding ortho intramolecular Hbond substituents is 1. The molecule has 0 fully saturated rings. The highest BCUT2D eigenvalue weighted by molar-refractivity contribution is 5.50. The summed E-state index contributed by atoms with van der Waals surface area (Å²) in [5.74, 6) is 0.986. The highest BCUT2D eigenvalue weighted by Crippen LogP contribution is 2.45. The summed E-state index contributed by atoms with van der Waals surface area (Å²) >= 11 is 0. The van der Waals surface area contributed by atoms with Gasteiger partial charge in [-0.3, -0.25) is 0 Å². The van der Waals surface area contributed by atoms with Gasteiger partial charge < -0.3 is 15.3 Å². The predicted molar refractivity (Wildman–Crippen MR) is 89.0 cm³/mol. The number of nitrogens with one attached hydrogen (secondary N) is 1. The number of rotatable bonds is 6. The van der Waals surface area contributed by atoms with Crippen molar-refractivity contribution in [2.75, 3.05) is 20.1 Å². The van der Waals surface area contributed by atoms with E-state index in [9.17, 15) is 5.11 Å². The first-order valence-electron chi connectivity index (χ1n) is 8.17. The summed E-state index contributed by atoms with van der Waals surface area (Å²) in [6, 6.07) is 4.78. The summed E-state index contributed by atoms with van der Waals surface area (Å²) in [5, 5.41) is 13.9. The number of aryl methyl sites for hydroxylation is 1. The van der Waals surface area contributed by atoms with E-state index >= 15 is 0 Å². The molecule has 0 spiro atoms. The molecule has 1 aromatic rings. The zero-order chi connectivity index (χ0) is 15.6. The Balaban J connectivity index is 1.94. The van der Waals surface area contributed by atoms with Crippen molar-refractivity contribution < 1.29 is 5.11 Å². The van der Waals surface area contributed by atoms with Crippen LogP contribution in [0.4, 0.5) is 0 Å². The summed E-state index contributed by atoms with van der Waals surface area (Å²) in [6.45, 7) is 11.0. The lowest BCUT2D eigenvalue weighted by Gasteiger charge is -2.22. The largest absolute Gasteiger partial charge is 0.508 e. The summed E-state index contributed by atoms with van der Waals surface area (Å²) in [7, 11) is 2.17. The zero-order valence-corrected chi connectivity index (χ0v) is 14.1. The van der Waals surface area contributed by atoms with Crippen molar-refractivity contribution in [2.24, 2.45) is 0 Å². The standard InChI is InChI=1S/C18H30N2O/c1-12(2)20(5)10-6-9-19-15-11-14(4)17-13(3)7-8-16(21)18(15)17/h7-8,12,14-15,19,21H,6,9-11H2,1-5H3. The molecule has 1 aliphatic carbocycles. The third kappa shape index (κ3) is 3.58. The first-order valence-corrected chi connectivity index (χ1v) is 8.17. The fourth-order valence-corrected chi connectivity index (χ4v) is 3.39. The molecule has 0 aliphatic heterocycles. The van der Waals surface area contributed by atoms with Gasteiger partial charge in [-0.15, -0.1) is 0 Å². The van der Waals surface area contributed by atoms with Crippen molar-refractivity contribution in [2.45, 2.75) is 58.5 Å². The molecule has 21 heavy (non-hydrogen) atoms. The van der Waals surface area contributed by atoms with E-state index in [1.54, 1.807) is 0 Å². The maximum Gasteiger partial charge on any atom is 0.120 e. The molecule has 3 nitrogen and oxygen atoms in total. The molecule has 3 heteroatoms. The predicted octanol–water partition coefficient (Wildman–Crippen LogP) is 3.57. The second-order valence-corrected chi connectivity index (χ2v) is 6.80. The van der Waals surface area contributed by atoms with Gasteiger partial charge in [0.25, 0.3) is 0 Å². The van der Waals surface area contributed by atoms with Crippen LogP contribution in [0, 0.1) is 6.92 Å². The van der Waals surface area contributed by atoms with Crippen LogP contribution in [0.25, 0.3) is 0 Å². The smallest absolute Gasteiger partial charge is 0.120 e. The maximum absolute atomic E-state index is 10.2. The maximum atomic E-state index is 10.2. The van der Waals surface area contributed by atoms with E-state index in [0.29, 0.717) is 23.8 Å². The van der Waals surface area contributed by atoms with Gasteiger partial charge in [0, 0.05) is 17.6 Å². The molecule has 0 saturated heterocycles. The van der Waals surface area contributed by atoms with E-state index in [1.807, 2.05) is 12.1 Å². The Morgan fingerprint density at radius 3 is 2.71 bits per heavy atom. The van der Waals surface area contributed by atoms with E-state index in [2.05, 4.69) is 45.0 Å². The fraction of sp³-hybridized carbons (Fsp3) is 0.667. The van der Waals surface area contributed by atoms with Crippen molar-refractivity contribution in [3.05, 3.63) is 28.8 Å². The minimum atomic E-state index is 0.305. The van der Waals surface area contributed by atoms with E-state index in [1.165, 1.54) is 11.1 Å². The minimum Gasteiger partial charge on any atom is -0.508 e. The number of fused-ring (bicyclic) bond motifs is 1. The van der Waals surface area contributed by atoms with Crippen molar-refractivity contribution in [1.29, 1.82) is 0 Å². The van der Waals surface area contributed by atoms with E-state index in [4.69, 9.17) is 0 Å². The second-order valence-electron chi connectivity index (χ2n) is 6.80. The molecule has 0 aromatic heterocycles. The fourth-order valence-electron chi connectivity index (χ4n) is 3.39. The number of hydrogen-bond donors (Lipinski definition) is 2. The molecule has 2 N–H and O–H groups in total. The van der Waals surface area contributed by atoms with Gasteiger partial charge in [0.05, 0.1) is 0 Å². The van der Waals surface area contributed by atoms with E-state index in [0.717, 1.165) is 31.5 Å². The normalized spacial score (nSPS) is 21.3. The lowest BCUT2D eigenvalue weighted by atomic mass is 9.97. The number of hydrogen-bond acceptors (Lipinski definition) is 3. The molecule has 1 aromatic carbocycles. The van der Waals surface area contributed by atoms with Crippen LogP contribution in [0.15, 0.2) is 12.1 Å². The molecule has 0 amide bonds. The summed E-state index contributed by atoms with van der Waals surface area (Å²) in [6.07, 6.45) is 2.23. The Morgan fingerprint density at radius 2 is 2.05 bits per heavy atom. The van der Waals surface area contributed by atoms with Gasteiger partial charge in [-0.05, 0) is 76.9 Å². The van der Waals surface area contributed by atoms with Crippen molar-refractivity contribution >= 4 is 0 Å². The summed E-state index contributed by atoms with van der Waals surface area (Å²) in [5.41, 5.74) is 3.80. The summed E-state index contributed by atoms with van der Waals surface area (Å²) in [4.78, 5) is 2.37. The first kappa shape index (κ1) is 16.3. The molecular weight excluding hydrogens is 260 g/mol. The van der Waals surface area contributed by atoms with Gasteiger partial charge in [0.15, 0.2) is 0 Å². The van der Waals surface area contributed by atoms with Crippen LogP contribution in [0.3, 0.4) is 0 Å². The van der Waals surface area contributed by atoms with Gasteiger partial charge in [0.1, 0.15) is 5.75 Å². The van der Waals surface area contributed by atoms with Gasteiger partial charge >= 0.3 is 0 Å². The Kier molecular flexibility index (Phi) is 5.28. The SMILES string of the molecule is Cc1ccc(O)c2c1C(C)CC2NCCCN(C)C(C)C. The molecule has 0 saturated carbocycles. The van der Waals surface area contributed by atoms with Crippen LogP contribution in [0.2, 0.25) is 0 Å². The van der Waals surface area contributed by atoms with Gasteiger partial charge in [-0.25, -0.2) is 0 Å². The van der Waals surface area contributed by atoms with Crippen LogP contribution < -0.4 is 5.32 Å². The lowest BCUT2D eigenvalue weighted by Crippen LogP contribution is -2.30. The minimum absolute atomic E-state index is 0.305. The molecular formula is C18H30N2O. The monoisotopic (exact) mass is 290 g/mol. The van der Waals surface area contributed by atoms with Crippen LogP contribution in [-0.4, -0.2) is 36.2 Å². The van der Waals surface area contributed by atoms with Crippen molar-refractivity contribution in [3.63, 3.8) is 0 Å². The van der Waals surface area contributed by atoms with Gasteiger partial charge in [-0.1, -0.05) is 13.0 Å². The van der Waals surface area contributed by atoms with Crippen molar-refractivity contribution in [1.82, 2.24) is 10.2 Å². The number of benzene rings is 1. The number of nitrogens with zero attached hydrogens (tertiary/aromatic N) is 1. The van der Waals surface area contributed by atoms with E-state index < -0.39 is 0 Å². The molecule has 2 atom stereocenters. The van der Waals surface area contributed by atoms with Crippen LogP contribution in [-0.2, 0) is 0 Å². The molecule has 0 radical (unpaired) electrons. The van der Waals surface area contributed by atoms with Gasteiger partial charge in [0.2, 0.25) is 0 Å². The van der Waals surface area contributed by atoms with Crippen LogP contribution in [0.1, 0.15) is 62.3 Å². The number of aromatic hydroxyl groups is 1. The Hall–Kier alpha value is -1.06. The summed E-state index contributed by atoms with van der Waals surface area (Å²) < 4.78 is 0. The van der Waals surface area contributed by atoms with E-state index in [-0.39, 0.29) is 0 Å². The topological polar surface area (TPSA) is 35.5 Å². The average molecular weight is 290 g/mol. The molecule has 2 unspecified atom stereocenters. The molecule has 2 rings (SSSR count). The second kappa shape index (κ2) is 6.80. The molecule has 118 valence electrons. The third-order valence-corrected chi connectivity index (χ3v) is 4.87. The van der Waals surface area contributed by atoms with Crippen molar-refractivity contribution in [3.8, 4) is 5.75 Å². The molecule has 0 heterocycles. The Labute approximate surface area is 129 Å². The average Bonchev–Trinajstić information content (AvgIpc) is 2.77. The third-order valence-electron chi connectivity index (χ3n) is 4.87. The number of phenols is 1. The molecule has 1 aliphatic rings. The zero-order valence-electron chi connectivity index (χ0n) is 14.1. The Morgan fingerprint density at radius 1 is 1.33 bits per heavy atom. The lowest BCUT2D eigenvalue weighted by molar-refractivity contribution is 0.267. The Bertz CT molecular complexity index is 484. The van der Waals surface area contributed by atoms with Crippen LogP contribution >= 0.6 is 0 Å². The first-order chi connectivity index (χ1) is 9.91. The van der Waals surface area contributed by atoms with Gasteiger partial charge in [-0.2, -0.15) is 0 Å². The van der Waals surface area contributed by atoms with Crippen LogP contribution in [0.5, 0.6) is 5.75 Å². The quantitative estimate of drug-likeness (QED) is 0.786.